The fourth-order valence-corrected chi connectivity index (χ4v) is 4.36. The number of anilines is 1. The standard InChI is InChI=1S/C23H25N7OS2/c1-30-22(26-28-29-30)21(18-11-6-12-20(14-18)32-2)27-31-15-19-16-33-23(25-19)24-13-7-10-17-8-4-3-5-9-17/h3-6,8-9,11-12,14,16H,7,10,13,15H2,1-2H3,(H,24,25). The Balaban J connectivity index is 1.35. The average Bonchev–Trinajstić information content (AvgIpc) is 3.49. The Bertz CT molecular complexity index is 1190. The van der Waals surface area contributed by atoms with E-state index in [2.05, 4.69) is 55.2 Å². The Kier molecular flexibility index (Phi) is 8.04. The van der Waals surface area contributed by atoms with Crippen molar-refractivity contribution in [3.8, 4) is 0 Å². The highest BCUT2D eigenvalue weighted by molar-refractivity contribution is 7.98. The number of rotatable bonds is 11. The predicted molar refractivity (Wildman–Crippen MR) is 133 cm³/mol. The van der Waals surface area contributed by atoms with Crippen LogP contribution in [0, 0.1) is 0 Å². The lowest BCUT2D eigenvalue weighted by Gasteiger charge is -2.07. The van der Waals surface area contributed by atoms with Crippen molar-refractivity contribution in [2.24, 2.45) is 12.2 Å². The van der Waals surface area contributed by atoms with E-state index in [1.165, 1.54) is 5.56 Å². The highest BCUT2D eigenvalue weighted by Crippen LogP contribution is 2.19. The molecule has 0 radical (unpaired) electrons. The second kappa shape index (κ2) is 11.6. The first-order chi connectivity index (χ1) is 16.2. The minimum Gasteiger partial charge on any atom is -0.389 e. The van der Waals surface area contributed by atoms with Gasteiger partial charge in [0.05, 0.1) is 5.69 Å². The summed E-state index contributed by atoms with van der Waals surface area (Å²) < 4.78 is 1.58. The van der Waals surface area contributed by atoms with E-state index in [1.807, 2.05) is 42.0 Å². The van der Waals surface area contributed by atoms with Crippen molar-refractivity contribution in [1.82, 2.24) is 25.2 Å². The zero-order valence-corrected chi connectivity index (χ0v) is 20.1. The third kappa shape index (κ3) is 6.39. The van der Waals surface area contributed by atoms with Crippen molar-refractivity contribution >= 4 is 33.9 Å². The number of nitrogens with one attached hydrogen (secondary N) is 1. The van der Waals surface area contributed by atoms with Crippen LogP contribution in [0.1, 0.15) is 29.1 Å². The van der Waals surface area contributed by atoms with Crippen LogP contribution in [-0.2, 0) is 24.9 Å². The van der Waals surface area contributed by atoms with E-state index in [4.69, 9.17) is 4.84 Å². The summed E-state index contributed by atoms with van der Waals surface area (Å²) in [5, 5.41) is 22.4. The summed E-state index contributed by atoms with van der Waals surface area (Å²) in [5.41, 5.74) is 3.64. The molecule has 0 aliphatic heterocycles. The molecule has 0 unspecified atom stereocenters. The van der Waals surface area contributed by atoms with Crippen LogP contribution < -0.4 is 5.32 Å². The highest BCUT2D eigenvalue weighted by Gasteiger charge is 2.16. The van der Waals surface area contributed by atoms with E-state index in [1.54, 1.807) is 34.8 Å². The molecule has 2 aromatic carbocycles. The Labute approximate surface area is 201 Å². The minimum absolute atomic E-state index is 0.263. The van der Waals surface area contributed by atoms with Gasteiger partial charge in [-0.05, 0) is 47.2 Å². The molecule has 8 nitrogen and oxygen atoms in total. The number of aromatic nitrogens is 5. The van der Waals surface area contributed by atoms with Gasteiger partial charge in [-0.1, -0.05) is 47.6 Å². The molecular formula is C23H25N7OS2. The van der Waals surface area contributed by atoms with Crippen LogP contribution >= 0.6 is 23.1 Å². The molecule has 0 atom stereocenters. The van der Waals surface area contributed by atoms with Crippen LogP contribution in [-0.4, -0.2) is 43.7 Å². The first-order valence-electron chi connectivity index (χ1n) is 10.5. The summed E-state index contributed by atoms with van der Waals surface area (Å²) in [5.74, 6) is 0.535. The maximum Gasteiger partial charge on any atom is 0.204 e. The van der Waals surface area contributed by atoms with Gasteiger partial charge in [0, 0.05) is 29.4 Å². The van der Waals surface area contributed by atoms with Crippen LogP contribution in [0.5, 0.6) is 0 Å². The van der Waals surface area contributed by atoms with Gasteiger partial charge in [0.2, 0.25) is 5.82 Å². The van der Waals surface area contributed by atoms with Crippen LogP contribution in [0.4, 0.5) is 5.13 Å². The van der Waals surface area contributed by atoms with Gasteiger partial charge in [0.15, 0.2) is 17.5 Å². The average molecular weight is 480 g/mol. The zero-order chi connectivity index (χ0) is 22.9. The molecule has 33 heavy (non-hydrogen) atoms. The summed E-state index contributed by atoms with van der Waals surface area (Å²) in [4.78, 5) is 11.4. The lowest BCUT2D eigenvalue weighted by Crippen LogP contribution is -2.12. The van der Waals surface area contributed by atoms with E-state index in [9.17, 15) is 0 Å². The molecule has 1 N–H and O–H groups in total. The van der Waals surface area contributed by atoms with Gasteiger partial charge in [-0.2, -0.15) is 0 Å². The van der Waals surface area contributed by atoms with Crippen molar-refractivity contribution in [3.63, 3.8) is 0 Å². The number of thioether (sulfide) groups is 1. The number of hydrogen-bond acceptors (Lipinski definition) is 9. The summed E-state index contributed by atoms with van der Waals surface area (Å²) >= 11 is 3.23. The third-order valence-corrected chi connectivity index (χ3v) is 6.43. The Morgan fingerprint density at radius 1 is 1.18 bits per heavy atom. The maximum atomic E-state index is 5.67. The Morgan fingerprint density at radius 3 is 2.85 bits per heavy atom. The molecule has 10 heteroatoms. The predicted octanol–water partition coefficient (Wildman–Crippen LogP) is 4.40. The van der Waals surface area contributed by atoms with E-state index in [-0.39, 0.29) is 6.61 Å². The van der Waals surface area contributed by atoms with Crippen LogP contribution in [0.15, 0.2) is 70.0 Å². The molecule has 0 saturated heterocycles. The normalized spacial score (nSPS) is 11.5. The molecule has 170 valence electrons. The number of aryl methyl sites for hydroxylation is 2. The van der Waals surface area contributed by atoms with Gasteiger partial charge < -0.3 is 10.2 Å². The number of oxime groups is 1. The molecule has 0 saturated carbocycles. The Hall–Kier alpha value is -3.24. The molecular weight excluding hydrogens is 454 g/mol. The number of nitrogens with zero attached hydrogens (tertiary/aromatic N) is 6. The smallest absolute Gasteiger partial charge is 0.204 e. The van der Waals surface area contributed by atoms with E-state index >= 15 is 0 Å². The fourth-order valence-electron chi connectivity index (χ4n) is 3.17. The SMILES string of the molecule is CSc1cccc(C(=NOCc2csc(NCCCc3ccccc3)n2)c2nnnn2C)c1. The zero-order valence-electron chi connectivity index (χ0n) is 18.5. The second-order valence-electron chi connectivity index (χ2n) is 7.23. The monoisotopic (exact) mass is 479 g/mol. The molecule has 0 fully saturated rings. The van der Waals surface area contributed by atoms with Gasteiger partial charge in [0.1, 0.15) is 0 Å². The molecule has 4 aromatic rings. The van der Waals surface area contributed by atoms with Crippen LogP contribution in [0.25, 0.3) is 0 Å². The van der Waals surface area contributed by atoms with Gasteiger partial charge in [-0.3, -0.25) is 0 Å². The number of hydrogen-bond donors (Lipinski definition) is 1. The van der Waals surface area contributed by atoms with Crippen molar-refractivity contribution in [1.29, 1.82) is 0 Å². The molecule has 2 aromatic heterocycles. The first kappa shape index (κ1) is 22.9. The summed E-state index contributed by atoms with van der Waals surface area (Å²) in [6, 6.07) is 18.5. The number of benzene rings is 2. The van der Waals surface area contributed by atoms with Crippen molar-refractivity contribution in [2.75, 3.05) is 18.1 Å². The van der Waals surface area contributed by atoms with Crippen molar-refractivity contribution in [3.05, 3.63) is 82.6 Å². The van der Waals surface area contributed by atoms with Crippen molar-refractivity contribution in [2.45, 2.75) is 24.3 Å². The quantitative estimate of drug-likeness (QED) is 0.148. The minimum atomic E-state index is 0.263. The van der Waals surface area contributed by atoms with Gasteiger partial charge >= 0.3 is 0 Å². The topological polar surface area (TPSA) is 90.1 Å². The molecule has 0 spiro atoms. The third-order valence-electron chi connectivity index (χ3n) is 4.86. The largest absolute Gasteiger partial charge is 0.389 e. The molecule has 0 bridgehead atoms. The molecule has 0 amide bonds. The van der Waals surface area contributed by atoms with Crippen molar-refractivity contribution < 1.29 is 4.84 Å². The molecule has 0 aliphatic rings. The number of tetrazole rings is 1. The second-order valence-corrected chi connectivity index (χ2v) is 8.97. The fraction of sp³-hybridized carbons (Fsp3) is 0.261. The van der Waals surface area contributed by atoms with Crippen LogP contribution in [0.3, 0.4) is 0 Å². The lowest BCUT2D eigenvalue weighted by atomic mass is 10.1. The first-order valence-corrected chi connectivity index (χ1v) is 12.6. The molecule has 4 rings (SSSR count). The highest BCUT2D eigenvalue weighted by atomic mass is 32.2. The van der Waals surface area contributed by atoms with Gasteiger partial charge in [0.25, 0.3) is 0 Å². The van der Waals surface area contributed by atoms with E-state index in [0.717, 1.165) is 40.7 Å². The molecule has 2 heterocycles. The summed E-state index contributed by atoms with van der Waals surface area (Å²) in [6.07, 6.45) is 4.12. The maximum absolute atomic E-state index is 5.67. The lowest BCUT2D eigenvalue weighted by molar-refractivity contribution is 0.128. The van der Waals surface area contributed by atoms with E-state index in [0.29, 0.717) is 11.5 Å². The van der Waals surface area contributed by atoms with E-state index < -0.39 is 0 Å². The van der Waals surface area contributed by atoms with Gasteiger partial charge in [-0.25, -0.2) is 9.67 Å². The summed E-state index contributed by atoms with van der Waals surface area (Å²) in [6.45, 7) is 1.13. The number of thiazole rings is 1. The van der Waals surface area contributed by atoms with Crippen LogP contribution in [0.2, 0.25) is 0 Å². The molecule has 0 aliphatic carbocycles. The van der Waals surface area contributed by atoms with Gasteiger partial charge in [-0.15, -0.1) is 28.2 Å². The summed E-state index contributed by atoms with van der Waals surface area (Å²) in [7, 11) is 1.78. The Morgan fingerprint density at radius 2 is 2.06 bits per heavy atom.